The fourth-order valence-electron chi connectivity index (χ4n) is 6.82. The molecule has 274 valence electrons. The summed E-state index contributed by atoms with van der Waals surface area (Å²) in [6.45, 7) is 6.51. The molecule has 5 amide bonds. The molecule has 2 aromatic heterocycles. The van der Waals surface area contributed by atoms with E-state index in [-0.39, 0.29) is 62.4 Å². The second kappa shape index (κ2) is 14.9. The lowest BCUT2D eigenvalue weighted by Gasteiger charge is -2.29. The first-order valence-electron chi connectivity index (χ1n) is 17.3. The first-order valence-corrected chi connectivity index (χ1v) is 18.5. The van der Waals surface area contributed by atoms with Crippen LogP contribution in [0.25, 0.3) is 5.00 Å². The minimum Gasteiger partial charge on any atom is -0.483 e. The zero-order chi connectivity index (χ0) is 37.4. The third-order valence-corrected chi connectivity index (χ3v) is 11.1. The summed E-state index contributed by atoms with van der Waals surface area (Å²) in [5.74, 6) is -0.303. The maximum absolute atomic E-state index is 13.3. The van der Waals surface area contributed by atoms with Gasteiger partial charge in [0.1, 0.15) is 28.7 Å². The Bertz CT molecular complexity index is 2180. The first-order chi connectivity index (χ1) is 25.5. The van der Waals surface area contributed by atoms with Crippen LogP contribution in [0.15, 0.2) is 47.5 Å². The predicted octanol–water partition coefficient (Wildman–Crippen LogP) is 3.65. The van der Waals surface area contributed by atoms with Crippen LogP contribution in [0.5, 0.6) is 5.75 Å². The van der Waals surface area contributed by atoms with Crippen molar-refractivity contribution in [2.45, 2.75) is 65.1 Å². The van der Waals surface area contributed by atoms with E-state index in [4.69, 9.17) is 21.3 Å². The van der Waals surface area contributed by atoms with Crippen molar-refractivity contribution < 1.29 is 28.7 Å². The van der Waals surface area contributed by atoms with E-state index >= 15 is 0 Å². The number of halogens is 1. The van der Waals surface area contributed by atoms with Gasteiger partial charge in [-0.3, -0.25) is 38.8 Å². The number of aromatic nitrogens is 3. The maximum Gasteiger partial charge on any atom is 0.258 e. The number of nitrogens with one attached hydrogen (secondary N) is 3. The van der Waals surface area contributed by atoms with Crippen molar-refractivity contribution in [3.05, 3.63) is 91.8 Å². The second-order valence-electron chi connectivity index (χ2n) is 13.1. The zero-order valence-electron chi connectivity index (χ0n) is 29.3. The second-order valence-corrected chi connectivity index (χ2v) is 14.8. The molecule has 2 aromatic carbocycles. The number of benzene rings is 2. The number of hydrogen-bond donors (Lipinski definition) is 3. The molecule has 0 saturated carbocycles. The molecule has 14 nitrogen and oxygen atoms in total. The largest absolute Gasteiger partial charge is 0.483 e. The highest BCUT2D eigenvalue weighted by Gasteiger charge is 2.40. The van der Waals surface area contributed by atoms with Gasteiger partial charge in [0, 0.05) is 47.1 Å². The summed E-state index contributed by atoms with van der Waals surface area (Å²) >= 11 is 7.85. The molecule has 5 heterocycles. The minimum absolute atomic E-state index is 0.0451. The van der Waals surface area contributed by atoms with Crippen molar-refractivity contribution in [2.75, 3.05) is 19.7 Å². The Hall–Kier alpha value is -5.41. The van der Waals surface area contributed by atoms with Crippen molar-refractivity contribution in [1.29, 1.82) is 0 Å². The van der Waals surface area contributed by atoms with Gasteiger partial charge in [-0.25, -0.2) is 0 Å². The third kappa shape index (κ3) is 7.18. The average molecular weight is 757 g/mol. The number of rotatable bonds is 11. The number of piperidine rings is 1. The van der Waals surface area contributed by atoms with Crippen LogP contribution in [0.4, 0.5) is 0 Å². The van der Waals surface area contributed by atoms with Crippen molar-refractivity contribution >= 4 is 58.2 Å². The van der Waals surface area contributed by atoms with Gasteiger partial charge in [0.05, 0.1) is 17.7 Å². The number of nitrogens with zero attached hydrogens (tertiary/aromatic N) is 5. The van der Waals surface area contributed by atoms with Crippen molar-refractivity contribution in [3.8, 4) is 10.8 Å². The molecule has 16 heteroatoms. The lowest BCUT2D eigenvalue weighted by atomic mass is 9.99. The Balaban J connectivity index is 0.927. The lowest BCUT2D eigenvalue weighted by Crippen LogP contribution is -2.52. The molecule has 0 radical (unpaired) electrons. The first kappa shape index (κ1) is 36.0. The predicted molar refractivity (Wildman–Crippen MR) is 197 cm³/mol. The summed E-state index contributed by atoms with van der Waals surface area (Å²) in [5.41, 5.74) is 4.73. The molecule has 1 saturated heterocycles. The van der Waals surface area contributed by atoms with Crippen LogP contribution in [-0.2, 0) is 25.7 Å². The number of aliphatic imine (C=N–C) groups is 1. The summed E-state index contributed by atoms with van der Waals surface area (Å²) in [4.78, 5) is 70.9. The Labute approximate surface area is 314 Å². The number of imide groups is 1. The van der Waals surface area contributed by atoms with E-state index in [9.17, 15) is 24.0 Å². The van der Waals surface area contributed by atoms with Crippen molar-refractivity contribution in [1.82, 2.24) is 35.6 Å². The Morgan fingerprint density at radius 2 is 1.75 bits per heavy atom. The highest BCUT2D eigenvalue weighted by Crippen LogP contribution is 2.40. The molecule has 53 heavy (non-hydrogen) atoms. The Kier molecular flexibility index (Phi) is 10.1. The van der Waals surface area contributed by atoms with Gasteiger partial charge >= 0.3 is 0 Å². The van der Waals surface area contributed by atoms with E-state index in [0.717, 1.165) is 32.3 Å². The maximum atomic E-state index is 13.3. The fraction of sp³-hybridized carbons (Fsp3) is 0.351. The van der Waals surface area contributed by atoms with E-state index in [1.54, 1.807) is 29.5 Å². The molecule has 0 bridgehead atoms. The van der Waals surface area contributed by atoms with Crippen LogP contribution in [0.1, 0.15) is 80.9 Å². The van der Waals surface area contributed by atoms with Gasteiger partial charge in [0.15, 0.2) is 12.4 Å². The molecule has 4 aromatic rings. The molecule has 3 aliphatic heterocycles. The van der Waals surface area contributed by atoms with E-state index in [2.05, 4.69) is 40.0 Å². The average Bonchev–Trinajstić information content (AvgIpc) is 3.74. The summed E-state index contributed by atoms with van der Waals surface area (Å²) in [6.07, 6.45) is 0.919. The van der Waals surface area contributed by atoms with Crippen molar-refractivity contribution in [3.63, 3.8) is 0 Å². The molecule has 1 unspecified atom stereocenters. The number of carbonyl (C=O) groups excluding carboxylic acids is 5. The van der Waals surface area contributed by atoms with Crippen molar-refractivity contribution in [2.24, 2.45) is 4.99 Å². The fourth-order valence-corrected chi connectivity index (χ4v) is 8.16. The van der Waals surface area contributed by atoms with Gasteiger partial charge in [-0.05, 0) is 62.9 Å². The SMILES string of the molecule is Cc1sc2c(c1C)C(c1ccc(Cl)cc1)=N[C@@H](CC(=O)NCCCNC(=O)COc1cccc3c1C(=O)N(C1CCC(=O)NC1=O)C3)c1nnc(C)n1-2. The summed E-state index contributed by atoms with van der Waals surface area (Å²) < 4.78 is 7.74. The number of thiophene rings is 1. The van der Waals surface area contributed by atoms with Crippen LogP contribution >= 0.6 is 22.9 Å². The topological polar surface area (TPSA) is 177 Å². The molecule has 7 rings (SSSR count). The molecular weight excluding hydrogens is 720 g/mol. The van der Waals surface area contributed by atoms with Crippen LogP contribution in [-0.4, -0.2) is 80.7 Å². The molecule has 3 aliphatic rings. The lowest BCUT2D eigenvalue weighted by molar-refractivity contribution is -0.137. The number of fused-ring (bicyclic) bond motifs is 4. The number of carbonyl (C=O) groups is 5. The van der Waals surface area contributed by atoms with Gasteiger partial charge < -0.3 is 20.3 Å². The number of ether oxygens (including phenoxy) is 1. The van der Waals surface area contributed by atoms with E-state index in [1.807, 2.05) is 35.8 Å². The van der Waals surface area contributed by atoms with Gasteiger partial charge in [-0.1, -0.05) is 35.9 Å². The number of hydrogen-bond acceptors (Lipinski definition) is 10. The van der Waals surface area contributed by atoms with E-state index in [0.29, 0.717) is 40.8 Å². The van der Waals surface area contributed by atoms with E-state index in [1.165, 1.54) is 4.90 Å². The van der Waals surface area contributed by atoms with E-state index < -0.39 is 23.9 Å². The normalized spacial score (nSPS) is 17.7. The molecule has 0 aliphatic carbocycles. The summed E-state index contributed by atoms with van der Waals surface area (Å²) in [7, 11) is 0. The van der Waals surface area contributed by atoms with Crippen LogP contribution in [0.2, 0.25) is 5.02 Å². The molecule has 3 N–H and O–H groups in total. The third-order valence-electron chi connectivity index (χ3n) is 9.61. The van der Waals surface area contributed by atoms with Gasteiger partial charge in [0.25, 0.3) is 11.8 Å². The van der Waals surface area contributed by atoms with Gasteiger partial charge in [-0.2, -0.15) is 0 Å². The molecule has 0 spiro atoms. The number of amides is 5. The molecular formula is C37H37ClN8O6S. The quantitative estimate of drug-likeness (QED) is 0.154. The summed E-state index contributed by atoms with van der Waals surface area (Å²) in [5, 5.41) is 18.4. The monoisotopic (exact) mass is 756 g/mol. The standard InChI is InChI=1S/C37H37ClN8O6S/c1-19-20(2)53-37-31(19)33(22-8-10-24(38)11-9-22)41-25(34-44-43-21(3)46(34)37)16-29(48)39-14-5-15-40-30(49)18-52-27-7-4-6-23-17-45(36(51)32(23)27)26-12-13-28(47)42-35(26)50/h4,6-11,25-26H,5,12-18H2,1-3H3,(H,39,48)(H,40,49)(H,42,47,50)/t25-,26?/m0/s1. The van der Waals surface area contributed by atoms with Gasteiger partial charge in [0.2, 0.25) is 17.7 Å². The molecule has 2 atom stereocenters. The van der Waals surface area contributed by atoms with Crippen LogP contribution in [0.3, 0.4) is 0 Å². The van der Waals surface area contributed by atoms with Crippen LogP contribution in [0, 0.1) is 20.8 Å². The zero-order valence-corrected chi connectivity index (χ0v) is 30.9. The number of aryl methyl sites for hydroxylation is 2. The Morgan fingerprint density at radius 3 is 2.51 bits per heavy atom. The highest BCUT2D eigenvalue weighted by atomic mass is 35.5. The van der Waals surface area contributed by atoms with Gasteiger partial charge in [-0.15, -0.1) is 21.5 Å². The Morgan fingerprint density at radius 1 is 1.00 bits per heavy atom. The highest BCUT2D eigenvalue weighted by molar-refractivity contribution is 7.15. The summed E-state index contributed by atoms with van der Waals surface area (Å²) in [6, 6.07) is 11.3. The molecule has 1 fully saturated rings. The minimum atomic E-state index is -0.747. The van der Waals surface area contributed by atoms with Crippen LogP contribution < -0.4 is 20.7 Å². The smallest absolute Gasteiger partial charge is 0.258 e.